The predicted molar refractivity (Wildman–Crippen MR) is 113 cm³/mol. The minimum Gasteiger partial charge on any atom is -0.462 e. The minimum atomic E-state index is -0.144. The summed E-state index contributed by atoms with van der Waals surface area (Å²) in [7, 11) is 0. The van der Waals surface area contributed by atoms with Crippen molar-refractivity contribution < 1.29 is 9.53 Å². The quantitative estimate of drug-likeness (QED) is 0.502. The van der Waals surface area contributed by atoms with Gasteiger partial charge in [0, 0.05) is 25.7 Å². The number of carbonyl (C=O) groups is 1. The van der Waals surface area contributed by atoms with Crippen LogP contribution in [0.15, 0.2) is 36.3 Å². The van der Waals surface area contributed by atoms with Crippen molar-refractivity contribution in [3.63, 3.8) is 0 Å². The molecule has 2 saturated carbocycles. The Morgan fingerprint density at radius 1 is 1.07 bits per heavy atom. The van der Waals surface area contributed by atoms with Crippen molar-refractivity contribution in [1.29, 1.82) is 0 Å². The molecular weight excluding hydrogens is 360 g/mol. The van der Waals surface area contributed by atoms with Gasteiger partial charge in [-0.15, -0.1) is 0 Å². The number of esters is 1. The average Bonchev–Trinajstić information content (AvgIpc) is 3.06. The Morgan fingerprint density at radius 3 is 2.66 bits per heavy atom. The van der Waals surface area contributed by atoms with Crippen LogP contribution in [0.2, 0.25) is 0 Å². The monoisotopic (exact) mass is 392 g/mol. The van der Waals surface area contributed by atoms with Crippen LogP contribution in [0.1, 0.15) is 71.4 Å². The molecule has 29 heavy (non-hydrogen) atoms. The minimum absolute atomic E-state index is 0.0774. The van der Waals surface area contributed by atoms with Gasteiger partial charge in [0.2, 0.25) is 0 Å². The van der Waals surface area contributed by atoms with Crippen molar-refractivity contribution in [1.82, 2.24) is 9.97 Å². The maximum atomic E-state index is 11.4. The standard InChI is InChI=1S/C25H32N2O2/c1-16(28)29-18-8-10-24(2)17(14-18)4-5-19-20-6-7-22(23-15-26-12-13-27-23)25(20,3)11-9-21(19)24/h4,7,12-13,15,18-21H,5-6,8-11,14H2,1-3H3. The van der Waals surface area contributed by atoms with E-state index in [4.69, 9.17) is 4.74 Å². The number of rotatable bonds is 2. The molecule has 4 heteroatoms. The van der Waals surface area contributed by atoms with Gasteiger partial charge in [0.1, 0.15) is 6.10 Å². The van der Waals surface area contributed by atoms with E-state index in [-0.39, 0.29) is 22.9 Å². The number of ether oxygens (including phenoxy) is 1. The number of hydrogen-bond acceptors (Lipinski definition) is 4. The molecule has 0 saturated heterocycles. The second-order valence-corrected chi connectivity index (χ2v) is 10.1. The van der Waals surface area contributed by atoms with Crippen LogP contribution in [0.5, 0.6) is 0 Å². The van der Waals surface area contributed by atoms with Crippen LogP contribution in [0.3, 0.4) is 0 Å². The molecule has 0 N–H and O–H groups in total. The second-order valence-electron chi connectivity index (χ2n) is 10.1. The summed E-state index contributed by atoms with van der Waals surface area (Å²) in [5.41, 5.74) is 4.54. The number of hydrogen-bond donors (Lipinski definition) is 0. The zero-order valence-corrected chi connectivity index (χ0v) is 17.9. The highest BCUT2D eigenvalue weighted by atomic mass is 16.5. The van der Waals surface area contributed by atoms with E-state index in [1.165, 1.54) is 38.2 Å². The molecule has 1 aromatic rings. The molecule has 1 aromatic heterocycles. The van der Waals surface area contributed by atoms with Crippen LogP contribution in [-0.2, 0) is 9.53 Å². The molecule has 154 valence electrons. The molecule has 0 radical (unpaired) electrons. The van der Waals surface area contributed by atoms with E-state index in [0.717, 1.165) is 36.8 Å². The Bertz CT molecular complexity index is 876. The Hall–Kier alpha value is -1.97. The highest BCUT2D eigenvalue weighted by molar-refractivity contribution is 5.70. The molecule has 0 aliphatic heterocycles. The molecule has 1 heterocycles. The third-order valence-corrected chi connectivity index (χ3v) is 8.81. The molecule has 6 unspecified atom stereocenters. The molecule has 0 aromatic carbocycles. The van der Waals surface area contributed by atoms with E-state index in [2.05, 4.69) is 36.0 Å². The van der Waals surface area contributed by atoms with Crippen LogP contribution < -0.4 is 0 Å². The van der Waals surface area contributed by atoms with E-state index in [0.29, 0.717) is 5.92 Å². The highest BCUT2D eigenvalue weighted by Gasteiger charge is 2.57. The average molecular weight is 393 g/mol. The van der Waals surface area contributed by atoms with Crippen molar-refractivity contribution in [2.24, 2.45) is 28.6 Å². The van der Waals surface area contributed by atoms with Gasteiger partial charge in [-0.05, 0) is 72.7 Å². The molecule has 0 amide bonds. The van der Waals surface area contributed by atoms with E-state index in [1.807, 2.05) is 12.4 Å². The normalized spacial score (nSPS) is 40.8. The van der Waals surface area contributed by atoms with Crippen molar-refractivity contribution in [2.75, 3.05) is 0 Å². The lowest BCUT2D eigenvalue weighted by Crippen LogP contribution is -2.50. The molecular formula is C25H32N2O2. The lowest BCUT2D eigenvalue weighted by Gasteiger charge is -2.57. The number of fused-ring (bicyclic) bond motifs is 5. The zero-order chi connectivity index (χ0) is 20.2. The van der Waals surface area contributed by atoms with Crippen LogP contribution in [-0.4, -0.2) is 22.0 Å². The summed E-state index contributed by atoms with van der Waals surface area (Å²) in [5, 5.41) is 0. The Morgan fingerprint density at radius 2 is 1.90 bits per heavy atom. The molecule has 4 aliphatic rings. The molecule has 4 aliphatic carbocycles. The number of nitrogens with zero attached hydrogens (tertiary/aromatic N) is 2. The third kappa shape index (κ3) is 2.90. The Labute approximate surface area is 173 Å². The smallest absolute Gasteiger partial charge is 0.302 e. The fourth-order valence-corrected chi connectivity index (χ4v) is 7.37. The lowest BCUT2D eigenvalue weighted by molar-refractivity contribution is -0.148. The summed E-state index contributed by atoms with van der Waals surface area (Å²) in [5.74, 6) is 2.03. The van der Waals surface area contributed by atoms with Crippen molar-refractivity contribution in [3.05, 3.63) is 42.0 Å². The first-order chi connectivity index (χ1) is 13.9. The summed E-state index contributed by atoms with van der Waals surface area (Å²) in [6.45, 7) is 6.50. The van der Waals surface area contributed by atoms with Crippen molar-refractivity contribution in [3.8, 4) is 0 Å². The summed E-state index contributed by atoms with van der Waals surface area (Å²) < 4.78 is 5.57. The fourth-order valence-electron chi connectivity index (χ4n) is 7.37. The molecule has 6 atom stereocenters. The summed E-state index contributed by atoms with van der Waals surface area (Å²) in [6.07, 6.45) is 18.5. The Kier molecular flexibility index (Phi) is 4.45. The van der Waals surface area contributed by atoms with E-state index in [1.54, 1.807) is 11.8 Å². The number of aromatic nitrogens is 2. The van der Waals surface area contributed by atoms with Gasteiger partial charge in [-0.2, -0.15) is 0 Å². The number of carbonyl (C=O) groups excluding carboxylic acids is 1. The van der Waals surface area contributed by atoms with Crippen molar-refractivity contribution >= 4 is 11.5 Å². The predicted octanol–water partition coefficient (Wildman–Crippen LogP) is 5.36. The third-order valence-electron chi connectivity index (χ3n) is 8.81. The summed E-state index contributed by atoms with van der Waals surface area (Å²) in [6, 6.07) is 0. The molecule has 0 bridgehead atoms. The van der Waals surface area contributed by atoms with Crippen molar-refractivity contribution in [2.45, 2.75) is 71.8 Å². The highest BCUT2D eigenvalue weighted by Crippen LogP contribution is 2.66. The van der Waals surface area contributed by atoms with E-state index < -0.39 is 0 Å². The van der Waals surface area contributed by atoms with Gasteiger partial charge in [0.05, 0.1) is 11.9 Å². The first-order valence-corrected chi connectivity index (χ1v) is 11.3. The lowest BCUT2D eigenvalue weighted by atomic mass is 9.47. The topological polar surface area (TPSA) is 52.1 Å². The first kappa shape index (κ1) is 19.0. The maximum absolute atomic E-state index is 11.4. The van der Waals surface area contributed by atoms with Gasteiger partial charge in [0.15, 0.2) is 0 Å². The molecule has 5 rings (SSSR count). The molecule has 4 nitrogen and oxygen atoms in total. The van der Waals surface area contributed by atoms with Gasteiger partial charge in [0.25, 0.3) is 0 Å². The van der Waals surface area contributed by atoms with Crippen LogP contribution in [0, 0.1) is 28.6 Å². The van der Waals surface area contributed by atoms with Gasteiger partial charge >= 0.3 is 5.97 Å². The summed E-state index contributed by atoms with van der Waals surface area (Å²) >= 11 is 0. The van der Waals surface area contributed by atoms with Gasteiger partial charge in [-0.1, -0.05) is 31.6 Å². The SMILES string of the molecule is CC(=O)OC1CCC2(C)C(=CCC3C2CCC2(C)C(c4cnccn4)=CCC32)C1. The van der Waals surface area contributed by atoms with Gasteiger partial charge in [-0.25, -0.2) is 0 Å². The maximum Gasteiger partial charge on any atom is 0.302 e. The Balaban J connectivity index is 1.41. The fraction of sp³-hybridized carbons (Fsp3) is 0.640. The molecule has 2 fully saturated rings. The van der Waals surface area contributed by atoms with Crippen LogP contribution >= 0.6 is 0 Å². The number of allylic oxidation sites excluding steroid dienone is 3. The second kappa shape index (κ2) is 6.78. The van der Waals surface area contributed by atoms with Gasteiger partial charge < -0.3 is 4.74 Å². The van der Waals surface area contributed by atoms with Gasteiger partial charge in [-0.3, -0.25) is 14.8 Å². The van der Waals surface area contributed by atoms with Crippen LogP contribution in [0.4, 0.5) is 0 Å². The summed E-state index contributed by atoms with van der Waals surface area (Å²) in [4.78, 5) is 20.4. The zero-order valence-electron chi connectivity index (χ0n) is 17.9. The first-order valence-electron chi connectivity index (χ1n) is 11.3. The molecule has 0 spiro atoms. The van der Waals surface area contributed by atoms with Crippen LogP contribution in [0.25, 0.3) is 5.57 Å². The van der Waals surface area contributed by atoms with E-state index in [9.17, 15) is 4.79 Å². The van der Waals surface area contributed by atoms with E-state index >= 15 is 0 Å². The largest absolute Gasteiger partial charge is 0.462 e.